The van der Waals surface area contributed by atoms with Crippen molar-refractivity contribution in [3.8, 4) is 11.5 Å². The average Bonchev–Trinajstić information content (AvgIpc) is 2.94. The number of hydrogen-bond acceptors (Lipinski definition) is 6. The predicted molar refractivity (Wildman–Crippen MR) is 70.7 cm³/mol. The molecule has 0 amide bonds. The van der Waals surface area contributed by atoms with Crippen LogP contribution in [0.5, 0.6) is 11.5 Å². The maximum Gasteiger partial charge on any atom is 0.196 e. The number of hydrogen-bond donors (Lipinski definition) is 0. The van der Waals surface area contributed by atoms with Crippen molar-refractivity contribution < 1.29 is 14.3 Å². The molecule has 0 N–H and O–H groups in total. The number of para-hydroxylation sites is 1. The van der Waals surface area contributed by atoms with Crippen LogP contribution in [-0.2, 0) is 0 Å². The number of nitrogens with zero attached hydrogens (tertiary/aromatic N) is 2. The fourth-order valence-electron chi connectivity index (χ4n) is 1.91. The third-order valence-corrected chi connectivity index (χ3v) is 3.33. The molecule has 5 nitrogen and oxygen atoms in total. The van der Waals surface area contributed by atoms with Crippen LogP contribution >= 0.6 is 11.5 Å². The van der Waals surface area contributed by atoms with Gasteiger partial charge in [-0.05, 0) is 29.7 Å². The van der Waals surface area contributed by atoms with Crippen LogP contribution in [0, 0.1) is 0 Å². The van der Waals surface area contributed by atoms with Crippen LogP contribution in [0.1, 0.15) is 16.1 Å². The highest BCUT2D eigenvalue weighted by atomic mass is 32.1. The number of carbonyl (C=O) groups excluding carboxylic acids is 1. The van der Waals surface area contributed by atoms with Gasteiger partial charge in [0.1, 0.15) is 6.61 Å². The van der Waals surface area contributed by atoms with Crippen molar-refractivity contribution in [1.82, 2.24) is 9.59 Å². The summed E-state index contributed by atoms with van der Waals surface area (Å²) in [4.78, 5) is 12.4. The zero-order chi connectivity index (χ0) is 13.2. The lowest BCUT2D eigenvalue weighted by molar-refractivity contribution is 0.0999. The van der Waals surface area contributed by atoms with Crippen molar-refractivity contribution in [2.45, 2.75) is 0 Å². The molecule has 6 heteroatoms. The van der Waals surface area contributed by atoms with Gasteiger partial charge in [-0.1, -0.05) is 10.6 Å². The first-order valence-electron chi connectivity index (χ1n) is 5.61. The number of ketones is 1. The van der Waals surface area contributed by atoms with Gasteiger partial charge in [-0.15, -0.1) is 5.10 Å². The van der Waals surface area contributed by atoms with E-state index < -0.39 is 0 Å². The third kappa shape index (κ3) is 2.10. The quantitative estimate of drug-likeness (QED) is 0.786. The summed E-state index contributed by atoms with van der Waals surface area (Å²) in [6.45, 7) is 0.212. The first kappa shape index (κ1) is 11.9. The van der Waals surface area contributed by atoms with Gasteiger partial charge in [0.25, 0.3) is 0 Å². The molecule has 1 aliphatic rings. The summed E-state index contributed by atoms with van der Waals surface area (Å²) in [6.07, 6.45) is 1.70. The van der Waals surface area contributed by atoms with E-state index in [0.717, 1.165) is 0 Å². The molecular formula is C13H10N2O3S. The number of rotatable bonds is 2. The molecule has 1 aliphatic heterocycles. The minimum atomic E-state index is -0.0619. The number of aromatic nitrogens is 2. The van der Waals surface area contributed by atoms with Crippen LogP contribution in [0.3, 0.4) is 0 Å². The molecule has 0 atom stereocenters. The van der Waals surface area contributed by atoms with E-state index >= 15 is 0 Å². The lowest BCUT2D eigenvalue weighted by atomic mass is 9.99. The molecule has 0 saturated carbocycles. The average molecular weight is 274 g/mol. The maximum absolute atomic E-state index is 12.4. The number of fused-ring (bicyclic) bond motifs is 1. The molecule has 0 fully saturated rings. The molecule has 96 valence electrons. The molecule has 3 rings (SSSR count). The molecule has 1 aromatic heterocycles. The Kier molecular flexibility index (Phi) is 3.00. The van der Waals surface area contributed by atoms with E-state index in [-0.39, 0.29) is 12.4 Å². The highest BCUT2D eigenvalue weighted by Gasteiger charge is 2.26. The van der Waals surface area contributed by atoms with Crippen molar-refractivity contribution in [2.24, 2.45) is 0 Å². The van der Waals surface area contributed by atoms with E-state index in [2.05, 4.69) is 9.59 Å². The summed E-state index contributed by atoms with van der Waals surface area (Å²) in [6, 6.07) is 5.27. The normalized spacial score (nSPS) is 16.1. The largest absolute Gasteiger partial charge is 0.493 e. The van der Waals surface area contributed by atoms with Gasteiger partial charge in [0, 0.05) is 11.0 Å². The smallest absolute Gasteiger partial charge is 0.196 e. The van der Waals surface area contributed by atoms with Crippen molar-refractivity contribution in [3.63, 3.8) is 0 Å². The maximum atomic E-state index is 12.4. The second-order valence-corrected chi connectivity index (χ2v) is 4.56. The predicted octanol–water partition coefficient (Wildman–Crippen LogP) is 2.21. The van der Waals surface area contributed by atoms with Gasteiger partial charge in [-0.2, -0.15) is 0 Å². The molecule has 0 aliphatic carbocycles. The number of ether oxygens (including phenoxy) is 2. The van der Waals surface area contributed by atoms with Gasteiger partial charge in [-0.25, -0.2) is 0 Å². The number of benzene rings is 1. The van der Waals surface area contributed by atoms with E-state index in [1.165, 1.54) is 11.5 Å². The topological polar surface area (TPSA) is 61.3 Å². The molecule has 19 heavy (non-hydrogen) atoms. The van der Waals surface area contributed by atoms with Crippen molar-refractivity contribution >= 4 is 23.4 Å². The molecule has 0 bridgehead atoms. The Morgan fingerprint density at radius 1 is 1.47 bits per heavy atom. The first-order chi connectivity index (χ1) is 9.29. The van der Waals surface area contributed by atoms with Crippen molar-refractivity contribution in [1.29, 1.82) is 0 Å². The number of carbonyl (C=O) groups is 1. The highest BCUT2D eigenvalue weighted by Crippen LogP contribution is 2.36. The summed E-state index contributed by atoms with van der Waals surface area (Å²) in [5.74, 6) is 1.01. The molecule has 1 aromatic carbocycles. The summed E-state index contributed by atoms with van der Waals surface area (Å²) in [7, 11) is 1.55. The molecule has 0 saturated heterocycles. The van der Waals surface area contributed by atoms with Crippen LogP contribution in [0.15, 0.2) is 29.2 Å². The first-order valence-corrected chi connectivity index (χ1v) is 6.45. The van der Waals surface area contributed by atoms with Gasteiger partial charge < -0.3 is 9.47 Å². The SMILES string of the molecule is COc1cccc2c1OC/C(=C/c1csnn1)C2=O. The van der Waals surface area contributed by atoms with Gasteiger partial charge in [0.15, 0.2) is 17.3 Å². The molecule has 0 spiro atoms. The molecule has 0 radical (unpaired) electrons. The monoisotopic (exact) mass is 274 g/mol. The standard InChI is InChI=1S/C13H10N2O3S/c1-17-11-4-2-3-10-12(16)8(6-18-13(10)11)5-9-7-19-15-14-9/h2-5,7H,6H2,1H3/b8-5-. The highest BCUT2D eigenvalue weighted by molar-refractivity contribution is 7.03. The van der Waals surface area contributed by atoms with E-state index in [1.807, 2.05) is 0 Å². The summed E-state index contributed by atoms with van der Waals surface area (Å²) < 4.78 is 14.6. The lowest BCUT2D eigenvalue weighted by Gasteiger charge is -2.20. The number of methoxy groups -OCH3 is 1. The lowest BCUT2D eigenvalue weighted by Crippen LogP contribution is -2.19. The Labute approximate surface area is 113 Å². The van der Waals surface area contributed by atoms with Crippen LogP contribution < -0.4 is 9.47 Å². The van der Waals surface area contributed by atoms with Crippen LogP contribution in [-0.4, -0.2) is 29.1 Å². The second kappa shape index (κ2) is 4.81. The van der Waals surface area contributed by atoms with Crippen LogP contribution in [0.4, 0.5) is 0 Å². The Balaban J connectivity index is 2.01. The minimum Gasteiger partial charge on any atom is -0.493 e. The van der Waals surface area contributed by atoms with Crippen molar-refractivity contribution in [2.75, 3.05) is 13.7 Å². The fourth-order valence-corrected chi connectivity index (χ4v) is 2.32. The number of Topliss-reactive ketones (excluding diaryl/α,β-unsaturated/α-hetero) is 1. The third-order valence-electron chi connectivity index (χ3n) is 2.81. The molecular weight excluding hydrogens is 264 g/mol. The van der Waals surface area contributed by atoms with Gasteiger partial charge >= 0.3 is 0 Å². The van der Waals surface area contributed by atoms with Crippen molar-refractivity contribution in [3.05, 3.63) is 40.4 Å². The van der Waals surface area contributed by atoms with E-state index in [1.54, 1.807) is 36.8 Å². The minimum absolute atomic E-state index is 0.0619. The summed E-state index contributed by atoms with van der Waals surface area (Å²) in [5.41, 5.74) is 1.75. The van der Waals surface area contributed by atoms with Crippen LogP contribution in [0.25, 0.3) is 6.08 Å². The zero-order valence-electron chi connectivity index (χ0n) is 10.1. The Bertz CT molecular complexity index is 650. The summed E-state index contributed by atoms with van der Waals surface area (Å²) >= 11 is 1.24. The van der Waals surface area contributed by atoms with Gasteiger partial charge in [0.2, 0.25) is 0 Å². The van der Waals surface area contributed by atoms with Crippen LogP contribution in [0.2, 0.25) is 0 Å². The molecule has 2 heterocycles. The van der Waals surface area contributed by atoms with E-state index in [9.17, 15) is 4.79 Å². The van der Waals surface area contributed by atoms with E-state index in [4.69, 9.17) is 9.47 Å². The van der Waals surface area contributed by atoms with E-state index in [0.29, 0.717) is 28.3 Å². The summed E-state index contributed by atoms with van der Waals surface area (Å²) in [5, 5.41) is 5.67. The molecule has 0 unspecified atom stereocenters. The molecule has 2 aromatic rings. The zero-order valence-corrected chi connectivity index (χ0v) is 10.9. The Morgan fingerprint density at radius 3 is 3.11 bits per heavy atom. The Morgan fingerprint density at radius 2 is 2.37 bits per heavy atom. The second-order valence-electron chi connectivity index (χ2n) is 3.95. The van der Waals surface area contributed by atoms with Gasteiger partial charge in [-0.3, -0.25) is 4.79 Å². The van der Waals surface area contributed by atoms with Gasteiger partial charge in [0.05, 0.1) is 18.4 Å². The Hall–Kier alpha value is -2.21. The fraction of sp³-hybridized carbons (Fsp3) is 0.154.